The number of carbonyl (C=O) groups is 2. The average molecular weight is 378 g/mol. The van der Waals surface area contributed by atoms with E-state index < -0.39 is 5.97 Å². The first kappa shape index (κ1) is 19.4. The van der Waals surface area contributed by atoms with Crippen molar-refractivity contribution in [3.63, 3.8) is 0 Å². The summed E-state index contributed by atoms with van der Waals surface area (Å²) in [5.41, 5.74) is 2.60. The van der Waals surface area contributed by atoms with Gasteiger partial charge in [0.15, 0.2) is 6.61 Å². The summed E-state index contributed by atoms with van der Waals surface area (Å²) in [4.78, 5) is 28.9. The van der Waals surface area contributed by atoms with Crippen molar-refractivity contribution in [1.29, 1.82) is 0 Å². The predicted octanol–water partition coefficient (Wildman–Crippen LogP) is 3.20. The van der Waals surface area contributed by atoms with Crippen LogP contribution in [0.2, 0.25) is 0 Å². The van der Waals surface area contributed by atoms with E-state index in [1.165, 1.54) is 0 Å². The van der Waals surface area contributed by atoms with Crippen molar-refractivity contribution in [2.75, 3.05) is 19.8 Å². The second-order valence-electron chi connectivity index (χ2n) is 6.30. The maximum Gasteiger partial charge on any atom is 0.340 e. The van der Waals surface area contributed by atoms with Gasteiger partial charge in [-0.05, 0) is 37.6 Å². The van der Waals surface area contributed by atoms with E-state index in [9.17, 15) is 9.59 Å². The van der Waals surface area contributed by atoms with Crippen LogP contribution in [0.25, 0.3) is 10.9 Å². The molecule has 0 saturated carbocycles. The summed E-state index contributed by atoms with van der Waals surface area (Å²) >= 11 is 0. The lowest BCUT2D eigenvalue weighted by Crippen LogP contribution is -2.32. The topological polar surface area (TPSA) is 77.5 Å². The van der Waals surface area contributed by atoms with Gasteiger partial charge in [0, 0.05) is 5.39 Å². The summed E-state index contributed by atoms with van der Waals surface area (Å²) in [5, 5.41) is 3.55. The van der Waals surface area contributed by atoms with Gasteiger partial charge in [-0.1, -0.05) is 36.4 Å². The summed E-state index contributed by atoms with van der Waals surface area (Å²) in [6, 6.07) is 16.9. The number of esters is 1. The number of hydrogen-bond donors (Lipinski definition) is 1. The number of amides is 1. The lowest BCUT2D eigenvalue weighted by Gasteiger charge is -2.12. The molecular formula is C22H22N2O4. The van der Waals surface area contributed by atoms with Crippen LogP contribution < -0.4 is 10.1 Å². The van der Waals surface area contributed by atoms with Crippen molar-refractivity contribution >= 4 is 22.8 Å². The molecule has 0 unspecified atom stereocenters. The highest BCUT2D eigenvalue weighted by molar-refractivity contribution is 5.99. The third-order valence-corrected chi connectivity index (χ3v) is 4.31. The first-order valence-corrected chi connectivity index (χ1v) is 9.04. The zero-order valence-electron chi connectivity index (χ0n) is 15.9. The molecule has 0 fully saturated rings. The van der Waals surface area contributed by atoms with Crippen LogP contribution in [0.15, 0.2) is 54.6 Å². The van der Waals surface area contributed by atoms with Crippen LogP contribution in [-0.2, 0) is 9.53 Å². The van der Waals surface area contributed by atoms with Crippen molar-refractivity contribution in [3.05, 3.63) is 71.4 Å². The molecule has 1 amide bonds. The third-order valence-electron chi connectivity index (χ3n) is 4.31. The molecule has 2 aromatic carbocycles. The lowest BCUT2D eigenvalue weighted by atomic mass is 10.0. The van der Waals surface area contributed by atoms with Gasteiger partial charge in [0.25, 0.3) is 5.91 Å². The number of benzene rings is 2. The van der Waals surface area contributed by atoms with Crippen LogP contribution >= 0.6 is 0 Å². The van der Waals surface area contributed by atoms with Gasteiger partial charge < -0.3 is 14.8 Å². The zero-order chi connectivity index (χ0) is 19.9. The minimum Gasteiger partial charge on any atom is -0.492 e. The average Bonchev–Trinajstić information content (AvgIpc) is 2.70. The highest BCUT2D eigenvalue weighted by atomic mass is 16.5. The van der Waals surface area contributed by atoms with E-state index in [0.29, 0.717) is 24.4 Å². The largest absolute Gasteiger partial charge is 0.492 e. The molecule has 0 aliphatic carbocycles. The number of para-hydroxylation sites is 2. The number of ether oxygens (including phenoxy) is 2. The first-order chi connectivity index (χ1) is 13.6. The van der Waals surface area contributed by atoms with Crippen LogP contribution in [-0.4, -0.2) is 36.6 Å². The highest BCUT2D eigenvalue weighted by Crippen LogP contribution is 2.23. The quantitative estimate of drug-likeness (QED) is 0.505. The molecule has 0 bridgehead atoms. The molecule has 1 aromatic heterocycles. The van der Waals surface area contributed by atoms with Crippen molar-refractivity contribution in [2.24, 2.45) is 0 Å². The minimum atomic E-state index is -0.552. The van der Waals surface area contributed by atoms with Crippen LogP contribution in [0.3, 0.4) is 0 Å². The van der Waals surface area contributed by atoms with E-state index in [2.05, 4.69) is 10.3 Å². The molecule has 0 spiro atoms. The second-order valence-corrected chi connectivity index (χ2v) is 6.30. The van der Waals surface area contributed by atoms with Gasteiger partial charge in [0.1, 0.15) is 12.4 Å². The van der Waals surface area contributed by atoms with Crippen LogP contribution in [0.1, 0.15) is 21.6 Å². The Morgan fingerprint density at radius 1 is 1.00 bits per heavy atom. The highest BCUT2D eigenvalue weighted by Gasteiger charge is 2.18. The number of rotatable bonds is 7. The molecule has 3 aromatic rings. The molecular weight excluding hydrogens is 356 g/mol. The molecule has 3 rings (SSSR count). The molecule has 28 heavy (non-hydrogen) atoms. The van der Waals surface area contributed by atoms with Gasteiger partial charge in [-0.2, -0.15) is 0 Å². The van der Waals surface area contributed by atoms with E-state index >= 15 is 0 Å². The molecule has 0 atom stereocenters. The Morgan fingerprint density at radius 2 is 1.71 bits per heavy atom. The molecule has 6 nitrogen and oxygen atoms in total. The smallest absolute Gasteiger partial charge is 0.340 e. The van der Waals surface area contributed by atoms with Gasteiger partial charge >= 0.3 is 5.97 Å². The van der Waals surface area contributed by atoms with Crippen molar-refractivity contribution in [3.8, 4) is 5.75 Å². The van der Waals surface area contributed by atoms with Crippen LogP contribution in [0.5, 0.6) is 5.75 Å². The van der Waals surface area contributed by atoms with Gasteiger partial charge in [-0.25, -0.2) is 4.79 Å². The fraction of sp³-hybridized carbons (Fsp3) is 0.227. The van der Waals surface area contributed by atoms with E-state index in [4.69, 9.17) is 9.47 Å². The van der Waals surface area contributed by atoms with Crippen molar-refractivity contribution in [2.45, 2.75) is 13.8 Å². The molecule has 1 N–H and O–H groups in total. The number of pyridine rings is 1. The summed E-state index contributed by atoms with van der Waals surface area (Å²) < 4.78 is 10.7. The number of hydrogen-bond acceptors (Lipinski definition) is 5. The molecule has 1 heterocycles. The van der Waals surface area contributed by atoms with E-state index in [-0.39, 0.29) is 12.5 Å². The Hall–Kier alpha value is -3.41. The Balaban J connectivity index is 1.51. The number of aryl methyl sites for hydroxylation is 2. The Labute approximate surface area is 163 Å². The number of nitrogens with zero attached hydrogens (tertiary/aromatic N) is 1. The Kier molecular flexibility index (Phi) is 6.22. The van der Waals surface area contributed by atoms with Crippen molar-refractivity contribution < 1.29 is 19.1 Å². The lowest BCUT2D eigenvalue weighted by molar-refractivity contribution is -0.124. The molecule has 0 aliphatic rings. The normalized spacial score (nSPS) is 10.5. The van der Waals surface area contributed by atoms with Gasteiger partial charge in [0.05, 0.1) is 23.3 Å². The number of fused-ring (bicyclic) bond motifs is 1. The Bertz CT molecular complexity index is 986. The molecule has 0 saturated heterocycles. The SMILES string of the molecule is Cc1nc2ccccc2c(C)c1C(=O)OCC(=O)NCCOc1ccccc1. The van der Waals surface area contributed by atoms with Crippen LogP contribution in [0.4, 0.5) is 0 Å². The molecule has 0 aliphatic heterocycles. The third kappa shape index (κ3) is 4.65. The van der Waals surface area contributed by atoms with Gasteiger partial charge in [-0.15, -0.1) is 0 Å². The minimum absolute atomic E-state index is 0.320. The first-order valence-electron chi connectivity index (χ1n) is 9.04. The van der Waals surface area contributed by atoms with Crippen molar-refractivity contribution in [1.82, 2.24) is 10.3 Å². The number of carbonyl (C=O) groups excluding carboxylic acids is 2. The summed E-state index contributed by atoms with van der Waals surface area (Å²) in [5.74, 6) is -0.198. The second kappa shape index (κ2) is 8.99. The maximum atomic E-state index is 12.5. The summed E-state index contributed by atoms with van der Waals surface area (Å²) in [7, 11) is 0. The summed E-state index contributed by atoms with van der Waals surface area (Å²) in [6.07, 6.45) is 0. The zero-order valence-corrected chi connectivity index (χ0v) is 15.9. The van der Waals surface area contributed by atoms with E-state index in [0.717, 1.165) is 22.2 Å². The molecule has 6 heteroatoms. The van der Waals surface area contributed by atoms with E-state index in [1.54, 1.807) is 6.92 Å². The fourth-order valence-electron chi connectivity index (χ4n) is 2.96. The molecule has 144 valence electrons. The monoisotopic (exact) mass is 378 g/mol. The number of nitrogens with one attached hydrogen (secondary N) is 1. The Morgan fingerprint density at radius 3 is 2.50 bits per heavy atom. The predicted molar refractivity (Wildman–Crippen MR) is 106 cm³/mol. The fourth-order valence-corrected chi connectivity index (χ4v) is 2.96. The van der Waals surface area contributed by atoms with Gasteiger partial charge in [-0.3, -0.25) is 9.78 Å². The summed E-state index contributed by atoms with van der Waals surface area (Å²) in [6.45, 7) is 3.92. The maximum absolute atomic E-state index is 12.5. The van der Waals surface area contributed by atoms with E-state index in [1.807, 2.05) is 61.5 Å². The van der Waals surface area contributed by atoms with Crippen LogP contribution in [0, 0.1) is 13.8 Å². The number of aromatic nitrogens is 1. The standard InChI is InChI=1S/C22H22N2O4/c1-15-18-10-6-7-11-19(18)24-16(2)21(15)22(26)28-14-20(25)23-12-13-27-17-8-4-3-5-9-17/h3-11H,12-14H2,1-2H3,(H,23,25). The van der Waals surface area contributed by atoms with Gasteiger partial charge in [0.2, 0.25) is 0 Å². The molecule has 0 radical (unpaired) electrons.